The molecule has 0 aliphatic rings. The van der Waals surface area contributed by atoms with Gasteiger partial charge in [0.05, 0.1) is 23.7 Å². The summed E-state index contributed by atoms with van der Waals surface area (Å²) in [4.78, 5) is 11.7. The van der Waals surface area contributed by atoms with Gasteiger partial charge in [-0.1, -0.05) is 0 Å². The van der Waals surface area contributed by atoms with Crippen LogP contribution in [0.2, 0.25) is 0 Å². The first-order valence-electron chi connectivity index (χ1n) is 6.45. The molecule has 0 aromatic heterocycles. The molecule has 10 heteroatoms. The minimum Gasteiger partial charge on any atom is -0.469 e. The predicted octanol–water partition coefficient (Wildman–Crippen LogP) is 4.06. The first-order chi connectivity index (χ1) is 10.6. The van der Waals surface area contributed by atoms with E-state index in [0.717, 1.165) is 21.0 Å². The fraction of sp³-hybridized carbons (Fsp3) is 0.500. The second-order valence-corrected chi connectivity index (χ2v) is 5.61. The average Bonchev–Trinajstić information content (AvgIpc) is 2.42. The van der Waals surface area contributed by atoms with Crippen molar-refractivity contribution in [2.24, 2.45) is 11.1 Å². The number of methoxy groups -OCH3 is 1. The molecule has 1 aromatic rings. The standard InChI is InChI=1S/C14H14F7NO2/c1-12(2,11(23)24-3)10(22)9-7(14(19,20)21)4-6(5-8(9)15)13(16,17)18/h4-5,10H,22H2,1-3H3/t10-/m0/s1. The van der Waals surface area contributed by atoms with E-state index in [1.807, 2.05) is 0 Å². The Bertz CT molecular complexity index is 635. The molecule has 1 atom stereocenters. The molecule has 24 heavy (non-hydrogen) atoms. The van der Waals surface area contributed by atoms with Crippen molar-refractivity contribution in [1.82, 2.24) is 0 Å². The fourth-order valence-corrected chi connectivity index (χ4v) is 2.08. The van der Waals surface area contributed by atoms with Crippen molar-refractivity contribution >= 4 is 5.97 Å². The smallest absolute Gasteiger partial charge is 0.416 e. The van der Waals surface area contributed by atoms with E-state index in [9.17, 15) is 35.5 Å². The van der Waals surface area contributed by atoms with Gasteiger partial charge in [-0.25, -0.2) is 4.39 Å². The minimum atomic E-state index is -5.30. The Labute approximate surface area is 132 Å². The number of carbonyl (C=O) groups is 1. The van der Waals surface area contributed by atoms with Crippen LogP contribution in [0.4, 0.5) is 30.7 Å². The molecule has 0 saturated heterocycles. The number of alkyl halides is 6. The Morgan fingerprint density at radius 2 is 1.58 bits per heavy atom. The Balaban J connectivity index is 3.67. The van der Waals surface area contributed by atoms with E-state index in [-0.39, 0.29) is 12.1 Å². The maximum atomic E-state index is 14.1. The van der Waals surface area contributed by atoms with E-state index < -0.39 is 52.3 Å². The van der Waals surface area contributed by atoms with Gasteiger partial charge in [0.25, 0.3) is 0 Å². The number of ether oxygens (including phenoxy) is 1. The SMILES string of the molecule is COC(=O)C(C)(C)[C@@H](N)c1c(F)cc(C(F)(F)F)cc1C(F)(F)F. The zero-order valence-corrected chi connectivity index (χ0v) is 12.8. The van der Waals surface area contributed by atoms with Crippen LogP contribution in [0.15, 0.2) is 12.1 Å². The van der Waals surface area contributed by atoms with Crippen LogP contribution >= 0.6 is 0 Å². The summed E-state index contributed by atoms with van der Waals surface area (Å²) in [5, 5.41) is 0. The van der Waals surface area contributed by atoms with Crippen LogP contribution in [0.5, 0.6) is 0 Å². The summed E-state index contributed by atoms with van der Waals surface area (Å²) in [5.74, 6) is -2.84. The molecule has 0 heterocycles. The van der Waals surface area contributed by atoms with Crippen LogP contribution in [0.3, 0.4) is 0 Å². The molecular weight excluding hydrogens is 347 g/mol. The lowest BCUT2D eigenvalue weighted by molar-refractivity contribution is -0.153. The zero-order chi connectivity index (χ0) is 19.1. The van der Waals surface area contributed by atoms with Crippen LogP contribution in [0.1, 0.15) is 36.6 Å². The molecule has 0 unspecified atom stereocenters. The van der Waals surface area contributed by atoms with Crippen molar-refractivity contribution in [2.75, 3.05) is 7.11 Å². The van der Waals surface area contributed by atoms with E-state index in [0.29, 0.717) is 0 Å². The highest BCUT2D eigenvalue weighted by Crippen LogP contribution is 2.44. The largest absolute Gasteiger partial charge is 0.469 e. The third-order valence-electron chi connectivity index (χ3n) is 3.56. The molecule has 0 aliphatic heterocycles. The lowest BCUT2D eigenvalue weighted by Gasteiger charge is -2.31. The minimum absolute atomic E-state index is 0.0855. The number of hydrogen-bond acceptors (Lipinski definition) is 3. The first-order valence-corrected chi connectivity index (χ1v) is 6.45. The van der Waals surface area contributed by atoms with Gasteiger partial charge in [0.15, 0.2) is 0 Å². The van der Waals surface area contributed by atoms with Gasteiger partial charge in [0, 0.05) is 11.6 Å². The summed E-state index contributed by atoms with van der Waals surface area (Å²) in [6.07, 6.45) is -10.5. The summed E-state index contributed by atoms with van der Waals surface area (Å²) in [5.41, 5.74) is -1.15. The normalized spacial score (nSPS) is 14.5. The van der Waals surface area contributed by atoms with E-state index >= 15 is 0 Å². The molecule has 0 bridgehead atoms. The highest BCUT2D eigenvalue weighted by atomic mass is 19.4. The van der Waals surface area contributed by atoms with E-state index in [1.165, 1.54) is 0 Å². The van der Waals surface area contributed by atoms with E-state index in [1.54, 1.807) is 0 Å². The molecule has 0 fully saturated rings. The van der Waals surface area contributed by atoms with Crippen LogP contribution in [-0.4, -0.2) is 13.1 Å². The summed E-state index contributed by atoms with van der Waals surface area (Å²) >= 11 is 0. The van der Waals surface area contributed by atoms with Gasteiger partial charge >= 0.3 is 18.3 Å². The molecule has 0 aliphatic carbocycles. The van der Waals surface area contributed by atoms with Gasteiger partial charge < -0.3 is 10.5 Å². The lowest BCUT2D eigenvalue weighted by Crippen LogP contribution is -2.39. The Hall–Kier alpha value is -1.84. The van der Waals surface area contributed by atoms with Gasteiger partial charge in [-0.05, 0) is 26.0 Å². The molecule has 0 spiro atoms. The molecular formula is C14H14F7NO2. The third-order valence-corrected chi connectivity index (χ3v) is 3.56. The third kappa shape index (κ3) is 3.80. The van der Waals surface area contributed by atoms with E-state index in [4.69, 9.17) is 5.73 Å². The van der Waals surface area contributed by atoms with Crippen molar-refractivity contribution in [3.63, 3.8) is 0 Å². The zero-order valence-electron chi connectivity index (χ0n) is 12.8. The maximum Gasteiger partial charge on any atom is 0.416 e. The maximum absolute atomic E-state index is 14.1. The van der Waals surface area contributed by atoms with Crippen molar-refractivity contribution < 1.29 is 40.3 Å². The van der Waals surface area contributed by atoms with Gasteiger partial charge in [-0.15, -0.1) is 0 Å². The summed E-state index contributed by atoms with van der Waals surface area (Å²) in [7, 11) is 0.949. The predicted molar refractivity (Wildman–Crippen MR) is 69.1 cm³/mol. The number of halogens is 7. The quantitative estimate of drug-likeness (QED) is 0.653. The number of rotatable bonds is 3. The first kappa shape index (κ1) is 20.2. The molecule has 1 aromatic carbocycles. The average molecular weight is 361 g/mol. The Morgan fingerprint density at radius 1 is 1.08 bits per heavy atom. The van der Waals surface area contributed by atoms with Crippen LogP contribution < -0.4 is 5.73 Å². The van der Waals surface area contributed by atoms with Gasteiger partial charge in [0.2, 0.25) is 0 Å². The number of hydrogen-bond donors (Lipinski definition) is 1. The summed E-state index contributed by atoms with van der Waals surface area (Å²) in [6, 6.07) is -2.20. The molecule has 0 radical (unpaired) electrons. The highest BCUT2D eigenvalue weighted by Gasteiger charge is 2.45. The van der Waals surface area contributed by atoms with Gasteiger partial charge in [-0.3, -0.25) is 4.79 Å². The van der Waals surface area contributed by atoms with E-state index in [2.05, 4.69) is 4.74 Å². The molecule has 3 nitrogen and oxygen atoms in total. The fourth-order valence-electron chi connectivity index (χ4n) is 2.08. The molecule has 1 rings (SSSR count). The Morgan fingerprint density at radius 3 is 1.96 bits per heavy atom. The Kier molecular flexibility index (Phi) is 5.24. The van der Waals surface area contributed by atoms with Crippen molar-refractivity contribution in [3.8, 4) is 0 Å². The van der Waals surface area contributed by atoms with Crippen molar-refractivity contribution in [2.45, 2.75) is 32.2 Å². The second-order valence-electron chi connectivity index (χ2n) is 5.61. The highest BCUT2D eigenvalue weighted by molar-refractivity contribution is 5.77. The number of carbonyl (C=O) groups excluding carboxylic acids is 1. The van der Waals surface area contributed by atoms with Gasteiger partial charge in [-0.2, -0.15) is 26.3 Å². The monoisotopic (exact) mass is 361 g/mol. The number of nitrogens with two attached hydrogens (primary N) is 1. The number of esters is 1. The van der Waals surface area contributed by atoms with Crippen LogP contribution in [0, 0.1) is 11.2 Å². The topological polar surface area (TPSA) is 52.3 Å². The van der Waals surface area contributed by atoms with Crippen LogP contribution in [-0.2, 0) is 21.9 Å². The van der Waals surface area contributed by atoms with Crippen molar-refractivity contribution in [1.29, 1.82) is 0 Å². The molecule has 2 N–H and O–H groups in total. The molecule has 0 saturated carbocycles. The summed E-state index contributed by atoms with van der Waals surface area (Å²) < 4.78 is 95.8. The second kappa shape index (κ2) is 6.23. The molecule has 136 valence electrons. The molecule has 0 amide bonds. The lowest BCUT2D eigenvalue weighted by atomic mass is 9.78. The van der Waals surface area contributed by atoms with Crippen LogP contribution in [0.25, 0.3) is 0 Å². The number of benzene rings is 1. The van der Waals surface area contributed by atoms with Crippen molar-refractivity contribution in [3.05, 3.63) is 34.6 Å². The van der Waals surface area contributed by atoms with Gasteiger partial charge in [0.1, 0.15) is 5.82 Å². The summed E-state index contributed by atoms with van der Waals surface area (Å²) in [6.45, 7) is 2.20.